The molecule has 2 heterocycles. The Morgan fingerprint density at radius 2 is 1.81 bits per heavy atom. The summed E-state index contributed by atoms with van der Waals surface area (Å²) in [7, 11) is 0. The third-order valence-corrected chi connectivity index (χ3v) is 3.30. The Bertz CT molecular complexity index is 670. The molecule has 1 aliphatic rings. The summed E-state index contributed by atoms with van der Waals surface area (Å²) in [5, 5.41) is 2.88. The Labute approximate surface area is 116 Å². The minimum absolute atomic E-state index is 0.140. The highest BCUT2D eigenvalue weighted by atomic mass is 19.4. The topological polar surface area (TPSA) is 29.9 Å². The number of aromatic nitrogens is 2. The number of nitrogens with one attached hydrogen (secondary N) is 1. The van der Waals surface area contributed by atoms with Gasteiger partial charge < -0.3 is 5.32 Å². The molecule has 0 bridgehead atoms. The molecule has 112 valence electrons. The fourth-order valence-corrected chi connectivity index (χ4v) is 2.44. The van der Waals surface area contributed by atoms with Crippen molar-refractivity contribution in [2.75, 3.05) is 6.54 Å². The summed E-state index contributed by atoms with van der Waals surface area (Å²) in [6, 6.07) is 2.95. The van der Waals surface area contributed by atoms with E-state index in [9.17, 15) is 22.0 Å². The first-order chi connectivity index (χ1) is 9.89. The van der Waals surface area contributed by atoms with Crippen LogP contribution in [-0.4, -0.2) is 16.1 Å². The van der Waals surface area contributed by atoms with E-state index in [-0.39, 0.29) is 24.4 Å². The number of fused-ring (bicyclic) bond motifs is 1. The van der Waals surface area contributed by atoms with E-state index in [1.807, 2.05) is 0 Å². The maximum Gasteiger partial charge on any atom is 0.450 e. The van der Waals surface area contributed by atoms with Crippen molar-refractivity contribution in [3.8, 4) is 5.69 Å². The van der Waals surface area contributed by atoms with Crippen LogP contribution in [0, 0.1) is 11.6 Å². The zero-order valence-corrected chi connectivity index (χ0v) is 10.6. The first kappa shape index (κ1) is 14.0. The summed E-state index contributed by atoms with van der Waals surface area (Å²) in [4.78, 5) is 3.52. The van der Waals surface area contributed by atoms with Crippen molar-refractivity contribution in [3.63, 3.8) is 0 Å². The summed E-state index contributed by atoms with van der Waals surface area (Å²) in [5.74, 6) is -3.42. The number of hydrogen-bond acceptors (Lipinski definition) is 2. The van der Waals surface area contributed by atoms with Crippen LogP contribution in [0.2, 0.25) is 0 Å². The number of alkyl halides is 3. The average Bonchev–Trinajstić information content (AvgIpc) is 2.78. The summed E-state index contributed by atoms with van der Waals surface area (Å²) in [6.45, 7) is 0.563. The van der Waals surface area contributed by atoms with Gasteiger partial charge in [0.05, 0.1) is 5.69 Å². The maximum atomic E-state index is 13.9. The van der Waals surface area contributed by atoms with E-state index in [1.165, 1.54) is 0 Å². The van der Waals surface area contributed by atoms with Gasteiger partial charge in [0.2, 0.25) is 5.82 Å². The summed E-state index contributed by atoms with van der Waals surface area (Å²) < 4.78 is 67.7. The third kappa shape index (κ3) is 2.29. The van der Waals surface area contributed by atoms with Gasteiger partial charge in [-0.3, -0.25) is 4.57 Å². The van der Waals surface area contributed by atoms with Gasteiger partial charge in [0.25, 0.3) is 0 Å². The molecule has 1 aromatic heterocycles. The van der Waals surface area contributed by atoms with Crippen LogP contribution in [0.5, 0.6) is 0 Å². The van der Waals surface area contributed by atoms with Crippen LogP contribution in [0.3, 0.4) is 0 Å². The molecule has 1 N–H and O–H groups in total. The Morgan fingerprint density at radius 3 is 2.43 bits per heavy atom. The first-order valence-corrected chi connectivity index (χ1v) is 6.22. The van der Waals surface area contributed by atoms with Crippen LogP contribution in [0.4, 0.5) is 22.0 Å². The molecule has 1 aromatic carbocycles. The molecule has 0 unspecified atom stereocenters. The van der Waals surface area contributed by atoms with Crippen molar-refractivity contribution >= 4 is 0 Å². The van der Waals surface area contributed by atoms with Gasteiger partial charge in [-0.1, -0.05) is 6.07 Å². The lowest BCUT2D eigenvalue weighted by Gasteiger charge is -2.17. The second kappa shape index (κ2) is 4.80. The van der Waals surface area contributed by atoms with Gasteiger partial charge in [-0.2, -0.15) is 13.2 Å². The van der Waals surface area contributed by atoms with Gasteiger partial charge in [-0.15, -0.1) is 0 Å². The average molecular weight is 303 g/mol. The Hall–Kier alpha value is -1.96. The highest BCUT2D eigenvalue weighted by Crippen LogP contribution is 2.35. The molecule has 1 aliphatic heterocycles. The van der Waals surface area contributed by atoms with Crippen LogP contribution in [0.1, 0.15) is 17.2 Å². The molecule has 2 aromatic rings. The van der Waals surface area contributed by atoms with Gasteiger partial charge in [-0.05, 0) is 12.1 Å². The third-order valence-electron chi connectivity index (χ3n) is 3.30. The minimum Gasteiger partial charge on any atom is -0.311 e. The largest absolute Gasteiger partial charge is 0.450 e. The fourth-order valence-electron chi connectivity index (χ4n) is 2.44. The van der Waals surface area contributed by atoms with Crippen molar-refractivity contribution in [2.24, 2.45) is 0 Å². The maximum absolute atomic E-state index is 13.9. The molecule has 0 aliphatic carbocycles. The lowest BCUT2D eigenvalue weighted by atomic mass is 10.1. The van der Waals surface area contributed by atoms with E-state index in [1.54, 1.807) is 0 Å². The quantitative estimate of drug-likeness (QED) is 0.821. The number of nitrogens with zero attached hydrogens (tertiary/aromatic N) is 2. The van der Waals surface area contributed by atoms with E-state index < -0.39 is 29.3 Å². The van der Waals surface area contributed by atoms with Crippen molar-refractivity contribution in [1.82, 2.24) is 14.9 Å². The number of halogens is 5. The van der Waals surface area contributed by atoms with Gasteiger partial charge >= 0.3 is 6.18 Å². The predicted octanol–water partition coefficient (Wildman–Crippen LogP) is 2.82. The minimum atomic E-state index is -4.80. The first-order valence-electron chi connectivity index (χ1n) is 6.22. The van der Waals surface area contributed by atoms with Gasteiger partial charge in [-0.25, -0.2) is 13.8 Å². The second-order valence-corrected chi connectivity index (χ2v) is 4.66. The Balaban J connectivity index is 2.33. The van der Waals surface area contributed by atoms with Gasteiger partial charge in [0.15, 0.2) is 0 Å². The van der Waals surface area contributed by atoms with E-state index in [2.05, 4.69) is 10.3 Å². The van der Waals surface area contributed by atoms with Crippen LogP contribution >= 0.6 is 0 Å². The smallest absolute Gasteiger partial charge is 0.311 e. The lowest BCUT2D eigenvalue weighted by molar-refractivity contribution is -0.146. The molecule has 3 nitrogen and oxygen atoms in total. The van der Waals surface area contributed by atoms with Crippen molar-refractivity contribution < 1.29 is 22.0 Å². The molecule has 0 saturated heterocycles. The molecular formula is C13H10F5N3. The van der Waals surface area contributed by atoms with Crippen LogP contribution in [0.25, 0.3) is 5.69 Å². The van der Waals surface area contributed by atoms with Crippen LogP contribution in [0.15, 0.2) is 18.2 Å². The van der Waals surface area contributed by atoms with Gasteiger partial charge in [0.1, 0.15) is 17.3 Å². The molecule has 0 fully saturated rings. The molecule has 0 atom stereocenters. The fraction of sp³-hybridized carbons (Fsp3) is 0.308. The standard InChI is InChI=1S/C13H10F5N3/c14-7-2-1-3-8(15)11(7)21-10-4-5-19-6-9(10)20-12(21)13(16,17)18/h1-3,19H,4-6H2. The van der Waals surface area contributed by atoms with E-state index in [4.69, 9.17) is 0 Å². The highest BCUT2D eigenvalue weighted by Gasteiger charge is 2.40. The monoisotopic (exact) mass is 303 g/mol. The Kier molecular flexibility index (Phi) is 3.20. The van der Waals surface area contributed by atoms with Crippen LogP contribution in [-0.2, 0) is 19.1 Å². The molecule has 0 amide bonds. The highest BCUT2D eigenvalue weighted by molar-refractivity contribution is 5.41. The van der Waals surface area contributed by atoms with E-state index >= 15 is 0 Å². The molecule has 3 rings (SSSR count). The van der Waals surface area contributed by atoms with Crippen molar-refractivity contribution in [1.29, 1.82) is 0 Å². The number of benzene rings is 1. The van der Waals surface area contributed by atoms with Crippen molar-refractivity contribution in [2.45, 2.75) is 19.1 Å². The summed E-state index contributed by atoms with van der Waals surface area (Å²) in [5.41, 5.74) is -0.387. The van der Waals surface area contributed by atoms with Gasteiger partial charge in [0, 0.05) is 25.2 Å². The number of hydrogen-bond donors (Lipinski definition) is 1. The lowest BCUT2D eigenvalue weighted by Crippen LogP contribution is -2.25. The molecule has 21 heavy (non-hydrogen) atoms. The SMILES string of the molecule is Fc1cccc(F)c1-n1c(C(F)(F)F)nc2c1CCNC2. The molecule has 0 spiro atoms. The van der Waals surface area contributed by atoms with Crippen LogP contribution < -0.4 is 5.32 Å². The number of para-hydroxylation sites is 1. The zero-order valence-electron chi connectivity index (χ0n) is 10.6. The Morgan fingerprint density at radius 1 is 1.14 bits per heavy atom. The predicted molar refractivity (Wildman–Crippen MR) is 63.9 cm³/mol. The zero-order chi connectivity index (χ0) is 15.2. The number of rotatable bonds is 1. The molecule has 0 radical (unpaired) electrons. The molecular weight excluding hydrogens is 293 g/mol. The normalized spacial score (nSPS) is 15.1. The van der Waals surface area contributed by atoms with E-state index in [0.717, 1.165) is 18.2 Å². The second-order valence-electron chi connectivity index (χ2n) is 4.66. The van der Waals surface area contributed by atoms with Crippen molar-refractivity contribution in [3.05, 3.63) is 47.0 Å². The number of imidazole rings is 1. The van der Waals surface area contributed by atoms with E-state index in [0.29, 0.717) is 11.1 Å². The summed E-state index contributed by atoms with van der Waals surface area (Å²) in [6.07, 6.45) is -4.59. The molecule has 8 heteroatoms. The summed E-state index contributed by atoms with van der Waals surface area (Å²) >= 11 is 0. The molecule has 0 saturated carbocycles.